The molecular formula is C58H68Cl8N10O4Si2. The molecule has 14 nitrogen and oxygen atoms in total. The molecule has 0 radical (unpaired) electrons. The minimum Gasteiger partial charge on any atom is -0.405 e. The van der Waals surface area contributed by atoms with E-state index >= 15 is 0 Å². The third-order valence-corrected chi connectivity index (χ3v) is 26.5. The molecule has 2 fully saturated rings. The van der Waals surface area contributed by atoms with Crippen molar-refractivity contribution >= 4 is 154 Å². The molecule has 2 saturated heterocycles. The van der Waals surface area contributed by atoms with Gasteiger partial charge in [-0.2, -0.15) is 0 Å². The van der Waals surface area contributed by atoms with Crippen LogP contribution in [0.5, 0.6) is 0 Å². The van der Waals surface area contributed by atoms with E-state index in [1.54, 1.807) is 0 Å². The highest BCUT2D eigenvalue weighted by Gasteiger charge is 2.61. The zero-order valence-electron chi connectivity index (χ0n) is 46.4. The molecule has 82 heavy (non-hydrogen) atoms. The number of carbonyl (C=O) groups excluding carboxylic acids is 2. The topological polar surface area (TPSA) is 156 Å². The second-order valence-electron chi connectivity index (χ2n) is 22.6. The van der Waals surface area contributed by atoms with Gasteiger partial charge in [-0.05, 0) is 49.9 Å². The van der Waals surface area contributed by atoms with E-state index in [0.717, 1.165) is 0 Å². The highest BCUT2D eigenvalue weighted by molar-refractivity contribution is 7.00. The normalized spacial score (nSPS) is 24.5. The molecule has 10 rings (SSSR count). The number of aliphatic imine (C=N–C) groups is 2. The van der Waals surface area contributed by atoms with Gasteiger partial charge >= 0.3 is 0 Å². The Hall–Kier alpha value is -4.41. The van der Waals surface area contributed by atoms with Crippen molar-refractivity contribution in [3.05, 3.63) is 170 Å². The molecule has 0 saturated carbocycles. The van der Waals surface area contributed by atoms with Crippen molar-refractivity contribution in [3.8, 4) is 0 Å². The Morgan fingerprint density at radius 2 is 0.963 bits per heavy atom. The molecule has 7 atom stereocenters. The number of rotatable bonds is 10. The van der Waals surface area contributed by atoms with Crippen LogP contribution in [-0.2, 0) is 18.4 Å². The average molecular weight is 1310 g/mol. The molecule has 2 spiro atoms. The fourth-order valence-electron chi connectivity index (χ4n) is 12.2. The van der Waals surface area contributed by atoms with Gasteiger partial charge in [-0.1, -0.05) is 258 Å². The van der Waals surface area contributed by atoms with Crippen LogP contribution in [0.25, 0.3) is 0 Å². The number of nitrogens with one attached hydrogen (secondary N) is 6. The van der Waals surface area contributed by atoms with Crippen LogP contribution < -0.4 is 52.6 Å². The van der Waals surface area contributed by atoms with E-state index in [1.165, 1.54) is 20.7 Å². The maximum atomic E-state index is 12.8. The Morgan fingerprint density at radius 3 is 1.34 bits per heavy atom. The van der Waals surface area contributed by atoms with Crippen LogP contribution in [0.2, 0.25) is 10.1 Å². The summed E-state index contributed by atoms with van der Waals surface area (Å²) in [6.45, 7) is 24.8. The SMILES string of the molecule is C=C1N[C@H]2[C@H](CO[Si](c3ccccc3)(c3ccccc3)C(C)(C)C)N=C(NC(=O)C(Cl)(Cl)Cl)N3CC=CC23N1.C=C1N[C@H]2[C@H](CO[Si](c3ccccc3)(c3ccccc3)C(C)(C)C)N=C(NC(=O)C(Cl)(Cl)Cl)N3[C@H](C)C=CC23N1.ClCCl. The van der Waals surface area contributed by atoms with Crippen molar-refractivity contribution in [2.24, 2.45) is 9.98 Å². The number of hydrogen-bond donors (Lipinski definition) is 6. The number of nitrogens with zero attached hydrogens (tertiary/aromatic N) is 4. The summed E-state index contributed by atoms with van der Waals surface area (Å²) in [7, 11) is -5.69. The summed E-state index contributed by atoms with van der Waals surface area (Å²) >= 11 is 45.0. The van der Waals surface area contributed by atoms with Crippen molar-refractivity contribution in [3.63, 3.8) is 0 Å². The second-order valence-corrected chi connectivity index (χ2v) is 36.6. The molecule has 2 amide bonds. The lowest BCUT2D eigenvalue weighted by Crippen LogP contribution is -2.72. The van der Waals surface area contributed by atoms with Gasteiger partial charge in [0.25, 0.3) is 36.0 Å². The van der Waals surface area contributed by atoms with E-state index in [2.05, 4.69) is 202 Å². The lowest BCUT2D eigenvalue weighted by Gasteiger charge is -2.49. The van der Waals surface area contributed by atoms with Crippen molar-refractivity contribution in [1.29, 1.82) is 0 Å². The van der Waals surface area contributed by atoms with E-state index in [0.29, 0.717) is 30.1 Å². The van der Waals surface area contributed by atoms with Crippen LogP contribution in [0, 0.1) is 0 Å². The standard InChI is InChI=1S/C29H34Cl3N5O2Si.C28H32Cl3N5O2Si.CH2Cl2/c1-19-16-17-28-24(33-20(2)36-28)23(34-26(37(19)28)35-25(38)29(30,31)32)18-39-40(27(3,4)5,21-12-8-6-9-13-21)22-14-10-7-11-15-22;1-19-32-23-22(33-25(34-24(37)28(29,30)31)36-17-11-16-27(23,36)35-19)18-38-39(26(2,3)4,20-12-7-5-8-13-20)21-14-9-6-10-15-21;2-1-3/h6-17,19,23-24,33,36H,2,18H2,1,3-5H3,(H,34,35,38);5-16,22-23,32,35H,1,17-18H2,2-4H3,(H,33,34,37);1H2/t19-,23+,24+,28?;22-,23-,27?;/m10./s1. The molecule has 0 bridgehead atoms. The minimum absolute atomic E-state index is 0.0873. The highest BCUT2D eigenvalue weighted by Crippen LogP contribution is 2.43. The molecule has 0 aromatic heterocycles. The Bertz CT molecular complexity index is 3010. The quantitative estimate of drug-likeness (QED) is 0.0517. The Labute approximate surface area is 523 Å². The molecule has 0 aliphatic carbocycles. The predicted molar refractivity (Wildman–Crippen MR) is 343 cm³/mol. The van der Waals surface area contributed by atoms with Crippen molar-refractivity contribution in [1.82, 2.24) is 41.7 Å². The zero-order chi connectivity index (χ0) is 59.7. The van der Waals surface area contributed by atoms with E-state index in [1.807, 2.05) is 47.1 Å². The average Bonchev–Trinajstić information content (AvgIpc) is 4.23. The van der Waals surface area contributed by atoms with Gasteiger partial charge in [0.1, 0.15) is 12.1 Å². The summed E-state index contributed by atoms with van der Waals surface area (Å²) < 4.78 is 10.2. The van der Waals surface area contributed by atoms with E-state index in [-0.39, 0.29) is 46.8 Å². The van der Waals surface area contributed by atoms with Crippen LogP contribution in [0.1, 0.15) is 48.5 Å². The summed E-state index contributed by atoms with van der Waals surface area (Å²) in [5.41, 5.74) is -1.43. The van der Waals surface area contributed by atoms with E-state index in [4.69, 9.17) is 112 Å². The number of amides is 2. The smallest absolute Gasteiger partial charge is 0.278 e. The maximum Gasteiger partial charge on any atom is 0.278 e. The molecule has 6 aliphatic heterocycles. The molecule has 6 aliphatic rings. The summed E-state index contributed by atoms with van der Waals surface area (Å²) in [4.78, 5) is 39.4. The zero-order valence-corrected chi connectivity index (χ0v) is 54.5. The fourth-order valence-corrected chi connectivity index (χ4v) is 21.6. The fraction of sp³-hybridized carbons (Fsp3) is 0.379. The summed E-state index contributed by atoms with van der Waals surface area (Å²) in [5.74, 6) is 0.394. The van der Waals surface area contributed by atoms with Gasteiger partial charge in [-0.15, -0.1) is 23.2 Å². The number of guanidine groups is 2. The Balaban J connectivity index is 0.000000205. The minimum atomic E-state index is -2.85. The van der Waals surface area contributed by atoms with Gasteiger partial charge in [0.05, 0.1) is 48.3 Å². The van der Waals surface area contributed by atoms with Crippen molar-refractivity contribution in [2.45, 2.75) is 108 Å². The van der Waals surface area contributed by atoms with Gasteiger partial charge in [0.2, 0.25) is 11.9 Å². The Kier molecular flexibility index (Phi) is 19.3. The van der Waals surface area contributed by atoms with Crippen LogP contribution >= 0.6 is 92.8 Å². The van der Waals surface area contributed by atoms with Crippen LogP contribution in [0.15, 0.2) is 180 Å². The number of halogens is 8. The van der Waals surface area contributed by atoms with Crippen LogP contribution in [0.4, 0.5) is 0 Å². The largest absolute Gasteiger partial charge is 0.405 e. The van der Waals surface area contributed by atoms with Gasteiger partial charge in [-0.3, -0.25) is 20.2 Å². The van der Waals surface area contributed by atoms with E-state index in [9.17, 15) is 9.59 Å². The third kappa shape index (κ3) is 12.3. The third-order valence-electron chi connectivity index (χ3n) is 15.4. The van der Waals surface area contributed by atoms with Gasteiger partial charge < -0.3 is 39.9 Å². The molecular weight excluding hydrogens is 1240 g/mol. The Morgan fingerprint density at radius 1 is 0.610 bits per heavy atom. The first-order valence-electron chi connectivity index (χ1n) is 26.5. The summed E-state index contributed by atoms with van der Waals surface area (Å²) in [6.07, 6.45) is 8.22. The summed E-state index contributed by atoms with van der Waals surface area (Å²) in [6, 6.07) is 40.4. The van der Waals surface area contributed by atoms with Crippen molar-refractivity contribution in [2.75, 3.05) is 25.1 Å². The van der Waals surface area contributed by atoms with Crippen LogP contribution in [-0.4, -0.2) is 124 Å². The lowest BCUT2D eigenvalue weighted by molar-refractivity contribution is -0.120. The molecule has 6 heterocycles. The van der Waals surface area contributed by atoms with Crippen molar-refractivity contribution < 1.29 is 18.4 Å². The number of hydrogen-bond acceptors (Lipinski definition) is 12. The molecule has 4 aromatic rings. The highest BCUT2D eigenvalue weighted by atomic mass is 35.6. The molecule has 4 aromatic carbocycles. The predicted octanol–water partition coefficient (Wildman–Crippen LogP) is 8.59. The molecule has 438 valence electrons. The van der Waals surface area contributed by atoms with Gasteiger partial charge in [0, 0.05) is 6.54 Å². The summed E-state index contributed by atoms with van der Waals surface area (Å²) in [5, 5.41) is 23.9. The number of alkyl halides is 8. The number of benzene rings is 4. The monoisotopic (exact) mass is 1300 g/mol. The van der Waals surface area contributed by atoms with E-state index < -0.39 is 59.4 Å². The first-order chi connectivity index (χ1) is 38.6. The first-order valence-corrected chi connectivity index (χ1v) is 33.7. The van der Waals surface area contributed by atoms with Gasteiger partial charge in [0.15, 0.2) is 11.3 Å². The van der Waals surface area contributed by atoms with Gasteiger partial charge in [-0.25, -0.2) is 9.98 Å². The molecule has 2 unspecified atom stereocenters. The number of carbonyl (C=O) groups is 2. The van der Waals surface area contributed by atoms with Crippen LogP contribution in [0.3, 0.4) is 0 Å². The maximum absolute atomic E-state index is 12.8. The molecule has 6 N–H and O–H groups in total. The molecule has 24 heteroatoms. The lowest BCUT2D eigenvalue weighted by atomic mass is 9.93. The second kappa shape index (κ2) is 24.9. The first kappa shape index (κ1) is 63.6.